The Balaban J connectivity index is 1.98. The summed E-state index contributed by atoms with van der Waals surface area (Å²) in [5.74, 6) is -0.0578. The first-order valence-corrected chi connectivity index (χ1v) is 7.26. The number of carbonyl (C=O) groups excluding carboxylic acids is 2. The van der Waals surface area contributed by atoms with Crippen LogP contribution in [0.4, 0.5) is 0 Å². The monoisotopic (exact) mass is 290 g/mol. The summed E-state index contributed by atoms with van der Waals surface area (Å²) in [5.41, 5.74) is 1.59. The molecule has 0 atom stereocenters. The fourth-order valence-electron chi connectivity index (χ4n) is 2.77. The SMILES string of the molecule is CNC(=O)C1CCN(Cc2ccccc2C(=O)OC)CC1. The van der Waals surface area contributed by atoms with Crippen molar-refractivity contribution < 1.29 is 14.3 Å². The third-order valence-corrected chi connectivity index (χ3v) is 4.02. The second kappa shape index (κ2) is 7.22. The molecule has 114 valence electrons. The molecule has 1 heterocycles. The molecule has 21 heavy (non-hydrogen) atoms. The lowest BCUT2D eigenvalue weighted by Gasteiger charge is -2.31. The second-order valence-electron chi connectivity index (χ2n) is 5.31. The topological polar surface area (TPSA) is 58.6 Å². The van der Waals surface area contributed by atoms with E-state index in [4.69, 9.17) is 4.74 Å². The highest BCUT2D eigenvalue weighted by Gasteiger charge is 2.24. The average Bonchev–Trinajstić information content (AvgIpc) is 2.54. The van der Waals surface area contributed by atoms with Crippen molar-refractivity contribution in [2.24, 2.45) is 5.92 Å². The molecule has 0 radical (unpaired) electrons. The number of benzene rings is 1. The van der Waals surface area contributed by atoms with Gasteiger partial charge in [0, 0.05) is 19.5 Å². The van der Waals surface area contributed by atoms with Crippen LogP contribution < -0.4 is 5.32 Å². The van der Waals surface area contributed by atoms with E-state index < -0.39 is 0 Å². The number of likely N-dealkylation sites (tertiary alicyclic amines) is 1. The molecule has 1 saturated heterocycles. The van der Waals surface area contributed by atoms with Crippen molar-refractivity contribution in [3.63, 3.8) is 0 Å². The first kappa shape index (κ1) is 15.5. The van der Waals surface area contributed by atoms with Crippen LogP contribution in [0.1, 0.15) is 28.8 Å². The molecule has 1 aromatic rings. The van der Waals surface area contributed by atoms with Crippen LogP contribution in [0.5, 0.6) is 0 Å². The van der Waals surface area contributed by atoms with Gasteiger partial charge in [0.05, 0.1) is 12.7 Å². The van der Waals surface area contributed by atoms with E-state index in [2.05, 4.69) is 10.2 Å². The number of hydrogen-bond acceptors (Lipinski definition) is 4. The lowest BCUT2D eigenvalue weighted by atomic mass is 9.95. The number of ether oxygens (including phenoxy) is 1. The van der Waals surface area contributed by atoms with Gasteiger partial charge >= 0.3 is 5.97 Å². The second-order valence-corrected chi connectivity index (χ2v) is 5.31. The molecule has 5 nitrogen and oxygen atoms in total. The Morgan fingerprint density at radius 2 is 1.95 bits per heavy atom. The summed E-state index contributed by atoms with van der Waals surface area (Å²) in [4.78, 5) is 25.7. The quantitative estimate of drug-likeness (QED) is 0.852. The van der Waals surface area contributed by atoms with Crippen LogP contribution in [-0.2, 0) is 16.1 Å². The fourth-order valence-corrected chi connectivity index (χ4v) is 2.77. The number of hydrogen-bond donors (Lipinski definition) is 1. The van der Waals surface area contributed by atoms with Gasteiger partial charge in [0.2, 0.25) is 5.91 Å². The molecule has 0 spiro atoms. The number of amides is 1. The van der Waals surface area contributed by atoms with Gasteiger partial charge in [-0.15, -0.1) is 0 Å². The van der Waals surface area contributed by atoms with Crippen LogP contribution in [-0.4, -0.2) is 44.0 Å². The maximum Gasteiger partial charge on any atom is 0.338 e. The molecule has 2 rings (SSSR count). The third-order valence-electron chi connectivity index (χ3n) is 4.02. The van der Waals surface area contributed by atoms with Crippen LogP contribution in [0.3, 0.4) is 0 Å². The number of nitrogens with one attached hydrogen (secondary N) is 1. The zero-order valence-electron chi connectivity index (χ0n) is 12.6. The normalized spacial score (nSPS) is 16.5. The number of esters is 1. The molecule has 1 N–H and O–H groups in total. The average molecular weight is 290 g/mol. The fraction of sp³-hybridized carbons (Fsp3) is 0.500. The van der Waals surface area contributed by atoms with Crippen molar-refractivity contribution >= 4 is 11.9 Å². The van der Waals surface area contributed by atoms with Crippen molar-refractivity contribution in [3.8, 4) is 0 Å². The minimum atomic E-state index is -0.300. The predicted octanol–water partition coefficient (Wildman–Crippen LogP) is 1.43. The smallest absolute Gasteiger partial charge is 0.338 e. The van der Waals surface area contributed by atoms with Gasteiger partial charge in [-0.25, -0.2) is 4.79 Å². The zero-order valence-corrected chi connectivity index (χ0v) is 12.6. The molecule has 0 aromatic heterocycles. The maximum atomic E-state index is 11.8. The molecule has 1 aliphatic rings. The molecule has 0 bridgehead atoms. The zero-order chi connectivity index (χ0) is 15.2. The number of carbonyl (C=O) groups is 2. The molecule has 0 saturated carbocycles. The Morgan fingerprint density at radius 3 is 2.57 bits per heavy atom. The Bertz CT molecular complexity index is 508. The molecule has 1 amide bonds. The molecule has 5 heteroatoms. The van der Waals surface area contributed by atoms with Crippen molar-refractivity contribution in [2.75, 3.05) is 27.2 Å². The molecule has 1 aliphatic heterocycles. The van der Waals surface area contributed by atoms with Gasteiger partial charge < -0.3 is 10.1 Å². The highest BCUT2D eigenvalue weighted by Crippen LogP contribution is 2.20. The summed E-state index contributed by atoms with van der Waals surface area (Å²) in [6.45, 7) is 2.45. The van der Waals surface area contributed by atoms with E-state index in [0.717, 1.165) is 31.5 Å². The molecular weight excluding hydrogens is 268 g/mol. The Kier molecular flexibility index (Phi) is 5.33. The van der Waals surface area contributed by atoms with Crippen molar-refractivity contribution in [1.29, 1.82) is 0 Å². The molecule has 0 unspecified atom stereocenters. The van der Waals surface area contributed by atoms with E-state index in [0.29, 0.717) is 12.1 Å². The summed E-state index contributed by atoms with van der Waals surface area (Å²) >= 11 is 0. The highest BCUT2D eigenvalue weighted by atomic mass is 16.5. The van der Waals surface area contributed by atoms with Gasteiger partial charge in [0.1, 0.15) is 0 Å². The Hall–Kier alpha value is -1.88. The first-order valence-electron chi connectivity index (χ1n) is 7.26. The van der Waals surface area contributed by atoms with Gasteiger partial charge in [-0.3, -0.25) is 9.69 Å². The van der Waals surface area contributed by atoms with E-state index in [1.165, 1.54) is 7.11 Å². The van der Waals surface area contributed by atoms with Gasteiger partial charge in [0.15, 0.2) is 0 Å². The Morgan fingerprint density at radius 1 is 1.29 bits per heavy atom. The van der Waals surface area contributed by atoms with Gasteiger partial charge in [0.25, 0.3) is 0 Å². The summed E-state index contributed by atoms with van der Waals surface area (Å²) in [6.07, 6.45) is 1.72. The van der Waals surface area contributed by atoms with Crippen molar-refractivity contribution in [3.05, 3.63) is 35.4 Å². The number of rotatable bonds is 4. The van der Waals surface area contributed by atoms with Gasteiger partial charge in [-0.05, 0) is 37.6 Å². The predicted molar refractivity (Wildman–Crippen MR) is 79.8 cm³/mol. The Labute approximate surface area is 125 Å². The summed E-state index contributed by atoms with van der Waals surface area (Å²) in [5, 5.41) is 2.71. The van der Waals surface area contributed by atoms with Crippen LogP contribution >= 0.6 is 0 Å². The van der Waals surface area contributed by atoms with E-state index in [9.17, 15) is 9.59 Å². The number of piperidine rings is 1. The van der Waals surface area contributed by atoms with Crippen LogP contribution in [0, 0.1) is 5.92 Å². The number of methoxy groups -OCH3 is 1. The molecular formula is C16H22N2O3. The summed E-state index contributed by atoms with van der Waals surface area (Å²) in [7, 11) is 3.08. The summed E-state index contributed by atoms with van der Waals surface area (Å²) < 4.78 is 4.82. The molecule has 0 aliphatic carbocycles. The first-order chi connectivity index (χ1) is 10.2. The van der Waals surface area contributed by atoms with Crippen LogP contribution in [0.15, 0.2) is 24.3 Å². The highest BCUT2D eigenvalue weighted by molar-refractivity contribution is 5.90. The summed E-state index contributed by atoms with van der Waals surface area (Å²) in [6, 6.07) is 7.52. The van der Waals surface area contributed by atoms with E-state index >= 15 is 0 Å². The standard InChI is InChI=1S/C16H22N2O3/c1-17-15(19)12-7-9-18(10-8-12)11-13-5-3-4-6-14(13)16(20)21-2/h3-6,12H,7-11H2,1-2H3,(H,17,19). The largest absolute Gasteiger partial charge is 0.465 e. The van der Waals surface area contributed by atoms with Crippen LogP contribution in [0.25, 0.3) is 0 Å². The van der Waals surface area contributed by atoms with E-state index in [1.807, 2.05) is 18.2 Å². The van der Waals surface area contributed by atoms with Crippen LogP contribution in [0.2, 0.25) is 0 Å². The minimum Gasteiger partial charge on any atom is -0.465 e. The van der Waals surface area contributed by atoms with E-state index in [1.54, 1.807) is 13.1 Å². The lowest BCUT2D eigenvalue weighted by Crippen LogP contribution is -2.39. The maximum absolute atomic E-state index is 11.8. The molecule has 1 aromatic carbocycles. The molecule has 1 fully saturated rings. The third kappa shape index (κ3) is 3.82. The van der Waals surface area contributed by atoms with E-state index in [-0.39, 0.29) is 17.8 Å². The lowest BCUT2D eigenvalue weighted by molar-refractivity contribution is -0.125. The van der Waals surface area contributed by atoms with Gasteiger partial charge in [-0.2, -0.15) is 0 Å². The minimum absolute atomic E-state index is 0.113. The van der Waals surface area contributed by atoms with Crippen molar-refractivity contribution in [2.45, 2.75) is 19.4 Å². The van der Waals surface area contributed by atoms with Crippen molar-refractivity contribution in [1.82, 2.24) is 10.2 Å². The number of nitrogens with zero attached hydrogens (tertiary/aromatic N) is 1. The van der Waals surface area contributed by atoms with Gasteiger partial charge in [-0.1, -0.05) is 18.2 Å².